The van der Waals surface area contributed by atoms with E-state index in [0.29, 0.717) is 17.9 Å². The number of sulfonamides is 1. The molecule has 1 heterocycles. The van der Waals surface area contributed by atoms with Crippen molar-refractivity contribution in [1.82, 2.24) is 4.72 Å². The number of benzene rings is 1. The van der Waals surface area contributed by atoms with Crippen LogP contribution in [0, 0.1) is 0 Å². The van der Waals surface area contributed by atoms with Gasteiger partial charge in [-0.15, -0.1) is 0 Å². The third-order valence-electron chi connectivity index (χ3n) is 2.86. The largest absolute Gasteiger partial charge is 0.377 e. The van der Waals surface area contributed by atoms with Crippen LogP contribution in [0.1, 0.15) is 19.4 Å². The Kier molecular flexibility index (Phi) is 4.42. The molecule has 7 heteroatoms. The first-order valence-corrected chi connectivity index (χ1v) is 7.91. The Balaban J connectivity index is 2.03. The van der Waals surface area contributed by atoms with Gasteiger partial charge in [-0.1, -0.05) is 0 Å². The molecule has 0 atom stereocenters. The van der Waals surface area contributed by atoms with Gasteiger partial charge in [0.1, 0.15) is 0 Å². The maximum absolute atomic E-state index is 12.1. The Morgan fingerprint density at radius 3 is 2.85 bits per heavy atom. The molecule has 0 radical (unpaired) electrons. The van der Waals surface area contributed by atoms with Crippen LogP contribution in [0.15, 0.2) is 23.1 Å². The smallest absolute Gasteiger partial charge is 0.240 e. The maximum atomic E-state index is 12.1. The van der Waals surface area contributed by atoms with E-state index in [9.17, 15) is 13.2 Å². The zero-order valence-corrected chi connectivity index (χ0v) is 12.3. The molecule has 6 nitrogen and oxygen atoms in total. The summed E-state index contributed by atoms with van der Waals surface area (Å²) in [4.78, 5) is 11.4. The Morgan fingerprint density at radius 2 is 2.15 bits per heavy atom. The van der Waals surface area contributed by atoms with Crippen LogP contribution < -0.4 is 10.0 Å². The van der Waals surface area contributed by atoms with Gasteiger partial charge in [0.15, 0.2) is 0 Å². The van der Waals surface area contributed by atoms with E-state index >= 15 is 0 Å². The third kappa shape index (κ3) is 3.56. The molecule has 0 aliphatic carbocycles. The van der Waals surface area contributed by atoms with Gasteiger partial charge in [0.05, 0.1) is 24.0 Å². The zero-order valence-electron chi connectivity index (χ0n) is 11.5. The monoisotopic (exact) mass is 298 g/mol. The summed E-state index contributed by atoms with van der Waals surface area (Å²) in [6.07, 6.45) is 0.284. The van der Waals surface area contributed by atoms with Gasteiger partial charge in [-0.05, 0) is 37.6 Å². The van der Waals surface area contributed by atoms with Gasteiger partial charge >= 0.3 is 0 Å². The first-order chi connectivity index (χ1) is 9.38. The molecular formula is C13H18N2O4S. The van der Waals surface area contributed by atoms with Crippen molar-refractivity contribution in [3.8, 4) is 0 Å². The summed E-state index contributed by atoms with van der Waals surface area (Å²) < 4.78 is 31.9. The molecule has 2 rings (SSSR count). The molecule has 0 spiro atoms. The topological polar surface area (TPSA) is 84.5 Å². The highest BCUT2D eigenvalue weighted by Crippen LogP contribution is 2.25. The van der Waals surface area contributed by atoms with E-state index < -0.39 is 10.0 Å². The number of fused-ring (bicyclic) bond motifs is 1. The molecule has 1 aromatic carbocycles. The van der Waals surface area contributed by atoms with Gasteiger partial charge in [0.2, 0.25) is 15.9 Å². The van der Waals surface area contributed by atoms with Crippen molar-refractivity contribution in [3.05, 3.63) is 23.8 Å². The first kappa shape index (κ1) is 15.0. The van der Waals surface area contributed by atoms with Gasteiger partial charge in [0.25, 0.3) is 0 Å². The fourth-order valence-corrected chi connectivity index (χ4v) is 2.99. The number of nitrogens with one attached hydrogen (secondary N) is 2. The normalized spacial score (nSPS) is 14.4. The van der Waals surface area contributed by atoms with Crippen LogP contribution in [0.3, 0.4) is 0 Å². The average molecular weight is 298 g/mol. The van der Waals surface area contributed by atoms with Crippen LogP contribution in [0.2, 0.25) is 0 Å². The first-order valence-electron chi connectivity index (χ1n) is 6.42. The molecule has 0 saturated carbocycles. The van der Waals surface area contributed by atoms with E-state index in [0.717, 1.165) is 0 Å². The van der Waals surface area contributed by atoms with E-state index in [1.54, 1.807) is 6.07 Å². The van der Waals surface area contributed by atoms with Crippen molar-refractivity contribution in [2.45, 2.75) is 31.3 Å². The quantitative estimate of drug-likeness (QED) is 0.764. The Hall–Kier alpha value is -1.44. The fraction of sp³-hybridized carbons (Fsp3) is 0.462. The summed E-state index contributed by atoms with van der Waals surface area (Å²) >= 11 is 0. The summed E-state index contributed by atoms with van der Waals surface area (Å²) in [6, 6.07) is 4.62. The molecule has 2 N–H and O–H groups in total. The summed E-state index contributed by atoms with van der Waals surface area (Å²) in [5, 5.41) is 2.67. The predicted molar refractivity (Wildman–Crippen MR) is 75.1 cm³/mol. The number of ether oxygens (including phenoxy) is 1. The van der Waals surface area contributed by atoms with Gasteiger partial charge < -0.3 is 10.1 Å². The molecule has 20 heavy (non-hydrogen) atoms. The lowest BCUT2D eigenvalue weighted by Gasteiger charge is -2.10. The van der Waals surface area contributed by atoms with Crippen molar-refractivity contribution in [2.75, 3.05) is 18.5 Å². The van der Waals surface area contributed by atoms with Crippen LogP contribution in [0.4, 0.5) is 5.69 Å². The highest BCUT2D eigenvalue weighted by molar-refractivity contribution is 7.89. The van der Waals surface area contributed by atoms with E-state index in [-0.39, 0.29) is 29.9 Å². The van der Waals surface area contributed by atoms with Crippen LogP contribution in [-0.4, -0.2) is 33.6 Å². The van der Waals surface area contributed by atoms with Gasteiger partial charge in [0, 0.05) is 12.2 Å². The minimum Gasteiger partial charge on any atom is -0.377 e. The van der Waals surface area contributed by atoms with Crippen molar-refractivity contribution in [1.29, 1.82) is 0 Å². The molecule has 0 aromatic heterocycles. The number of carbonyl (C=O) groups excluding carboxylic acids is 1. The molecular weight excluding hydrogens is 280 g/mol. The van der Waals surface area contributed by atoms with Crippen LogP contribution >= 0.6 is 0 Å². The van der Waals surface area contributed by atoms with Gasteiger partial charge in [-0.25, -0.2) is 13.1 Å². The molecule has 1 aliphatic heterocycles. The minimum atomic E-state index is -3.57. The van der Waals surface area contributed by atoms with Crippen LogP contribution in [0.25, 0.3) is 0 Å². The zero-order chi connectivity index (χ0) is 14.8. The summed E-state index contributed by atoms with van der Waals surface area (Å²) in [5.41, 5.74) is 1.38. The summed E-state index contributed by atoms with van der Waals surface area (Å²) in [7, 11) is -3.57. The second kappa shape index (κ2) is 5.90. The highest BCUT2D eigenvalue weighted by Gasteiger charge is 2.21. The number of amides is 1. The fourth-order valence-electron chi connectivity index (χ4n) is 1.93. The second-order valence-corrected chi connectivity index (χ2v) is 6.63. The third-order valence-corrected chi connectivity index (χ3v) is 4.32. The van der Waals surface area contributed by atoms with Crippen LogP contribution in [-0.2, 0) is 26.0 Å². The molecule has 110 valence electrons. The molecule has 1 aromatic rings. The van der Waals surface area contributed by atoms with Crippen molar-refractivity contribution in [3.63, 3.8) is 0 Å². The Morgan fingerprint density at radius 1 is 1.40 bits per heavy atom. The molecule has 0 fully saturated rings. The van der Waals surface area contributed by atoms with Crippen molar-refractivity contribution >= 4 is 21.6 Å². The van der Waals surface area contributed by atoms with Crippen LogP contribution in [0.5, 0.6) is 0 Å². The standard InChI is InChI=1S/C13H18N2O4S/c1-9(2)19-6-5-14-20(17,18)11-3-4-12-10(7-11)8-13(16)15-12/h3-4,7,9,14H,5-6,8H2,1-2H3,(H,15,16). The van der Waals surface area contributed by atoms with E-state index in [4.69, 9.17) is 4.74 Å². The maximum Gasteiger partial charge on any atom is 0.240 e. The minimum absolute atomic E-state index is 0.0663. The number of rotatable bonds is 6. The molecule has 1 aliphatic rings. The second-order valence-electron chi connectivity index (χ2n) is 4.86. The van der Waals surface area contributed by atoms with Gasteiger partial charge in [-0.2, -0.15) is 0 Å². The molecule has 0 bridgehead atoms. The summed E-state index contributed by atoms with van der Waals surface area (Å²) in [6.45, 7) is 4.31. The number of carbonyl (C=O) groups is 1. The SMILES string of the molecule is CC(C)OCCNS(=O)(=O)c1ccc2c(c1)CC(=O)N2. The molecule has 0 unspecified atom stereocenters. The predicted octanol–water partition coefficient (Wildman–Crippen LogP) is 0.884. The van der Waals surface area contributed by atoms with E-state index in [1.165, 1.54) is 12.1 Å². The number of hydrogen-bond donors (Lipinski definition) is 2. The number of hydrogen-bond acceptors (Lipinski definition) is 4. The Bertz CT molecular complexity index is 611. The lowest BCUT2D eigenvalue weighted by Crippen LogP contribution is -2.28. The van der Waals surface area contributed by atoms with E-state index in [1.807, 2.05) is 13.8 Å². The van der Waals surface area contributed by atoms with E-state index in [2.05, 4.69) is 10.0 Å². The lowest BCUT2D eigenvalue weighted by atomic mass is 10.2. The van der Waals surface area contributed by atoms with Gasteiger partial charge in [-0.3, -0.25) is 4.79 Å². The van der Waals surface area contributed by atoms with Crippen molar-refractivity contribution < 1.29 is 17.9 Å². The molecule has 1 amide bonds. The summed E-state index contributed by atoms with van der Waals surface area (Å²) in [5.74, 6) is -0.118. The number of anilines is 1. The Labute approximate surface area is 118 Å². The average Bonchev–Trinajstić information content (AvgIpc) is 2.73. The van der Waals surface area contributed by atoms with Crippen molar-refractivity contribution in [2.24, 2.45) is 0 Å². The lowest BCUT2D eigenvalue weighted by molar-refractivity contribution is -0.115. The molecule has 0 saturated heterocycles. The highest BCUT2D eigenvalue weighted by atomic mass is 32.2.